The van der Waals surface area contributed by atoms with Gasteiger partial charge >= 0.3 is 0 Å². The van der Waals surface area contributed by atoms with E-state index in [0.29, 0.717) is 0 Å². The second kappa shape index (κ2) is 2.99. The third kappa shape index (κ3) is 1.40. The second-order valence-electron chi connectivity index (χ2n) is 2.55. The molecule has 7 heteroatoms. The van der Waals surface area contributed by atoms with Gasteiger partial charge in [-0.05, 0) is 12.1 Å². The molecule has 0 fully saturated rings. The molecule has 1 heterocycles. The van der Waals surface area contributed by atoms with Crippen LogP contribution in [0, 0.1) is 5.82 Å². The number of ether oxygens (including phenoxy) is 2. The smallest absolute Gasteiger partial charge is 0.264 e. The summed E-state index contributed by atoms with van der Waals surface area (Å²) < 4.78 is 44.8. The fraction of sp³-hybridized carbons (Fsp3) is 0.143. The molecule has 0 atom stereocenters. The maximum atomic E-state index is 13.4. The van der Waals surface area contributed by atoms with E-state index in [4.69, 9.17) is 20.2 Å². The van der Waals surface area contributed by atoms with Crippen molar-refractivity contribution in [1.82, 2.24) is 0 Å². The average Bonchev–Trinajstić information content (AvgIpc) is 2.50. The van der Waals surface area contributed by atoms with E-state index in [9.17, 15) is 12.8 Å². The molecule has 0 aromatic heterocycles. The van der Waals surface area contributed by atoms with Crippen LogP contribution in [0.25, 0.3) is 0 Å². The topological polar surface area (TPSA) is 52.6 Å². The lowest BCUT2D eigenvalue weighted by Crippen LogP contribution is -1.97. The minimum atomic E-state index is -4.09. The lowest BCUT2D eigenvalue weighted by Gasteiger charge is -2.01. The monoisotopic (exact) mass is 238 g/mol. The standard InChI is InChI=1S/C7H4ClFO4S/c8-14(10,11)5-2-1-4-7(6(5)9)13-3-12-4/h1-2H,3H2. The van der Waals surface area contributed by atoms with Crippen LogP contribution in [0.3, 0.4) is 0 Å². The zero-order valence-electron chi connectivity index (χ0n) is 6.66. The molecule has 76 valence electrons. The highest BCUT2D eigenvalue weighted by atomic mass is 35.7. The minimum Gasteiger partial charge on any atom is -0.453 e. The largest absolute Gasteiger partial charge is 0.453 e. The lowest BCUT2D eigenvalue weighted by molar-refractivity contribution is 0.170. The Balaban J connectivity index is 2.68. The van der Waals surface area contributed by atoms with Gasteiger partial charge in [0.05, 0.1) is 0 Å². The normalized spacial score (nSPS) is 14.4. The molecule has 0 saturated carbocycles. The van der Waals surface area contributed by atoms with Crippen LogP contribution in [0.5, 0.6) is 11.5 Å². The van der Waals surface area contributed by atoms with Gasteiger partial charge in [0.15, 0.2) is 11.6 Å². The van der Waals surface area contributed by atoms with Gasteiger partial charge in [0.2, 0.25) is 12.5 Å². The predicted molar refractivity (Wildman–Crippen MR) is 45.6 cm³/mol. The molecule has 0 N–H and O–H groups in total. The summed E-state index contributed by atoms with van der Waals surface area (Å²) in [6.45, 7) is -0.127. The summed E-state index contributed by atoms with van der Waals surface area (Å²) in [5.41, 5.74) is 0. The first-order valence-corrected chi connectivity index (χ1v) is 5.84. The van der Waals surface area contributed by atoms with E-state index in [1.165, 1.54) is 6.07 Å². The van der Waals surface area contributed by atoms with E-state index in [-0.39, 0.29) is 18.3 Å². The van der Waals surface area contributed by atoms with Gasteiger partial charge in [-0.2, -0.15) is 0 Å². The Morgan fingerprint density at radius 3 is 2.71 bits per heavy atom. The summed E-state index contributed by atoms with van der Waals surface area (Å²) in [6, 6.07) is 2.33. The highest BCUT2D eigenvalue weighted by Crippen LogP contribution is 2.38. The van der Waals surface area contributed by atoms with E-state index < -0.39 is 19.8 Å². The number of hydrogen-bond donors (Lipinski definition) is 0. The van der Waals surface area contributed by atoms with Crippen molar-refractivity contribution in [2.24, 2.45) is 0 Å². The predicted octanol–water partition coefficient (Wildman–Crippen LogP) is 1.48. The Morgan fingerprint density at radius 2 is 2.07 bits per heavy atom. The van der Waals surface area contributed by atoms with Crippen molar-refractivity contribution in [2.75, 3.05) is 6.79 Å². The number of fused-ring (bicyclic) bond motifs is 1. The van der Waals surface area contributed by atoms with Crippen molar-refractivity contribution >= 4 is 19.7 Å². The van der Waals surface area contributed by atoms with E-state index in [1.54, 1.807) is 0 Å². The van der Waals surface area contributed by atoms with Crippen molar-refractivity contribution in [3.8, 4) is 11.5 Å². The molecule has 1 aliphatic heterocycles. The minimum absolute atomic E-state index is 0.127. The Kier molecular flexibility index (Phi) is 2.04. The van der Waals surface area contributed by atoms with Crippen LogP contribution in [0.4, 0.5) is 4.39 Å². The first kappa shape index (κ1) is 9.54. The van der Waals surface area contributed by atoms with Crippen molar-refractivity contribution in [3.05, 3.63) is 17.9 Å². The van der Waals surface area contributed by atoms with Crippen molar-refractivity contribution in [1.29, 1.82) is 0 Å². The van der Waals surface area contributed by atoms with Crippen LogP contribution in [0.2, 0.25) is 0 Å². The molecule has 4 nitrogen and oxygen atoms in total. The third-order valence-electron chi connectivity index (χ3n) is 1.71. The van der Waals surface area contributed by atoms with Crippen LogP contribution < -0.4 is 9.47 Å². The summed E-state index contributed by atoms with van der Waals surface area (Å²) in [6.07, 6.45) is 0. The highest BCUT2D eigenvalue weighted by Gasteiger charge is 2.26. The van der Waals surface area contributed by atoms with Gasteiger partial charge in [-0.25, -0.2) is 12.8 Å². The molecule has 0 amide bonds. The summed E-state index contributed by atoms with van der Waals surface area (Å²) in [4.78, 5) is -0.608. The molecule has 0 spiro atoms. The maximum absolute atomic E-state index is 13.4. The summed E-state index contributed by atoms with van der Waals surface area (Å²) >= 11 is 0. The van der Waals surface area contributed by atoms with Gasteiger partial charge in [0, 0.05) is 10.7 Å². The van der Waals surface area contributed by atoms with Crippen molar-refractivity contribution in [2.45, 2.75) is 4.90 Å². The first-order valence-electron chi connectivity index (χ1n) is 3.53. The van der Waals surface area contributed by atoms with E-state index in [1.807, 2.05) is 0 Å². The Hall–Kier alpha value is -1.01. The molecule has 1 aromatic carbocycles. The summed E-state index contributed by atoms with van der Waals surface area (Å²) in [5.74, 6) is -1.06. The van der Waals surface area contributed by atoms with E-state index >= 15 is 0 Å². The SMILES string of the molecule is O=S(=O)(Cl)c1ccc2c(c1F)OCO2. The Morgan fingerprint density at radius 1 is 1.36 bits per heavy atom. The van der Waals surface area contributed by atoms with Gasteiger partial charge in [-0.3, -0.25) is 0 Å². The molecule has 2 rings (SSSR count). The van der Waals surface area contributed by atoms with Crippen LogP contribution in [-0.4, -0.2) is 15.2 Å². The summed E-state index contributed by atoms with van der Waals surface area (Å²) in [7, 11) is 0.908. The third-order valence-corrected chi connectivity index (χ3v) is 3.05. The quantitative estimate of drug-likeness (QED) is 0.696. The van der Waals surface area contributed by atoms with Crippen LogP contribution in [0.1, 0.15) is 0 Å². The molecular formula is C7H4ClFO4S. The first-order chi connectivity index (χ1) is 6.50. The van der Waals surface area contributed by atoms with E-state index in [2.05, 4.69) is 0 Å². The Labute approximate surface area is 83.6 Å². The molecule has 14 heavy (non-hydrogen) atoms. The Bertz CT molecular complexity index is 485. The average molecular weight is 239 g/mol. The molecule has 0 saturated heterocycles. The lowest BCUT2D eigenvalue weighted by atomic mass is 10.3. The molecule has 0 unspecified atom stereocenters. The maximum Gasteiger partial charge on any atom is 0.264 e. The molecule has 1 aliphatic rings. The molecule has 0 aliphatic carbocycles. The molecule has 1 aromatic rings. The number of halogens is 2. The van der Waals surface area contributed by atoms with Crippen LogP contribution in [0.15, 0.2) is 17.0 Å². The van der Waals surface area contributed by atoms with Gasteiger partial charge < -0.3 is 9.47 Å². The summed E-state index contributed by atoms with van der Waals surface area (Å²) in [5, 5.41) is 0. The van der Waals surface area contributed by atoms with Crippen molar-refractivity contribution < 1.29 is 22.3 Å². The highest BCUT2D eigenvalue weighted by molar-refractivity contribution is 8.13. The zero-order valence-corrected chi connectivity index (χ0v) is 8.23. The van der Waals surface area contributed by atoms with Gasteiger partial charge in [0.1, 0.15) is 4.90 Å². The van der Waals surface area contributed by atoms with Gasteiger partial charge in [0.25, 0.3) is 9.05 Å². The number of hydrogen-bond acceptors (Lipinski definition) is 4. The van der Waals surface area contributed by atoms with Gasteiger partial charge in [-0.1, -0.05) is 0 Å². The van der Waals surface area contributed by atoms with Crippen LogP contribution in [-0.2, 0) is 9.05 Å². The molecular weight excluding hydrogens is 235 g/mol. The number of benzene rings is 1. The zero-order chi connectivity index (χ0) is 10.3. The van der Waals surface area contributed by atoms with Crippen LogP contribution >= 0.6 is 10.7 Å². The molecule has 0 radical (unpaired) electrons. The fourth-order valence-corrected chi connectivity index (χ4v) is 2.00. The molecule has 0 bridgehead atoms. The van der Waals surface area contributed by atoms with Crippen molar-refractivity contribution in [3.63, 3.8) is 0 Å². The fourth-order valence-electron chi connectivity index (χ4n) is 1.11. The number of rotatable bonds is 1. The van der Waals surface area contributed by atoms with Gasteiger partial charge in [-0.15, -0.1) is 0 Å². The van der Waals surface area contributed by atoms with E-state index in [0.717, 1.165) is 6.07 Å². The second-order valence-corrected chi connectivity index (χ2v) is 5.08.